The van der Waals surface area contributed by atoms with Crippen molar-refractivity contribution in [2.45, 2.75) is 32.0 Å². The Morgan fingerprint density at radius 1 is 1.18 bits per heavy atom. The summed E-state index contributed by atoms with van der Waals surface area (Å²) in [5.41, 5.74) is 1.41. The number of hydrogen-bond acceptors (Lipinski definition) is 3. The molecule has 6 heteroatoms. The zero-order valence-electron chi connectivity index (χ0n) is 12.1. The van der Waals surface area contributed by atoms with Crippen molar-refractivity contribution in [2.75, 3.05) is 5.32 Å². The van der Waals surface area contributed by atoms with Crippen molar-refractivity contribution in [3.8, 4) is 0 Å². The summed E-state index contributed by atoms with van der Waals surface area (Å²) in [5, 5.41) is 3.08. The number of alkyl halides is 3. The molecule has 2 atom stereocenters. The van der Waals surface area contributed by atoms with Gasteiger partial charge in [0.1, 0.15) is 5.69 Å². The van der Waals surface area contributed by atoms with Crippen LogP contribution < -0.4 is 5.32 Å². The van der Waals surface area contributed by atoms with E-state index in [0.29, 0.717) is 5.92 Å². The number of fused-ring (bicyclic) bond motifs is 1. The molecule has 1 N–H and O–H groups in total. The molecule has 0 radical (unpaired) electrons. The topological polar surface area (TPSA) is 37.8 Å². The van der Waals surface area contributed by atoms with Crippen LogP contribution in [-0.2, 0) is 12.6 Å². The van der Waals surface area contributed by atoms with Gasteiger partial charge in [-0.1, -0.05) is 31.2 Å². The molecule has 0 fully saturated rings. The minimum absolute atomic E-state index is 0.0170. The molecule has 1 aliphatic carbocycles. The lowest BCUT2D eigenvalue weighted by molar-refractivity contribution is -0.141. The van der Waals surface area contributed by atoms with Crippen LogP contribution in [0.1, 0.15) is 36.2 Å². The Kier molecular flexibility index (Phi) is 3.76. The van der Waals surface area contributed by atoms with Crippen LogP contribution in [0, 0.1) is 5.92 Å². The number of aromatic nitrogens is 2. The molecule has 0 aliphatic heterocycles. The second kappa shape index (κ2) is 5.59. The smallest absolute Gasteiger partial charge is 0.347 e. The SMILES string of the molecule is C[C@@H]1CCc2ccccc2[C@H]1Nc1nccc(C(F)(F)F)n1. The van der Waals surface area contributed by atoms with Gasteiger partial charge in [0.15, 0.2) is 0 Å². The molecule has 116 valence electrons. The Hall–Kier alpha value is -2.11. The molecule has 2 aromatic rings. The van der Waals surface area contributed by atoms with E-state index in [0.717, 1.165) is 30.7 Å². The number of aryl methyl sites for hydroxylation is 1. The fraction of sp³-hybridized carbons (Fsp3) is 0.375. The monoisotopic (exact) mass is 307 g/mol. The van der Waals surface area contributed by atoms with Crippen LogP contribution in [0.3, 0.4) is 0 Å². The summed E-state index contributed by atoms with van der Waals surface area (Å²) >= 11 is 0. The summed E-state index contributed by atoms with van der Waals surface area (Å²) in [7, 11) is 0. The third kappa shape index (κ3) is 2.91. The van der Waals surface area contributed by atoms with Crippen molar-refractivity contribution in [1.82, 2.24) is 9.97 Å². The van der Waals surface area contributed by atoms with Gasteiger partial charge in [-0.2, -0.15) is 13.2 Å². The molecule has 0 amide bonds. The van der Waals surface area contributed by atoms with Gasteiger partial charge in [-0.15, -0.1) is 0 Å². The molecule has 1 aliphatic rings. The molecule has 0 bridgehead atoms. The van der Waals surface area contributed by atoms with E-state index in [1.807, 2.05) is 18.2 Å². The molecule has 0 saturated heterocycles. The van der Waals surface area contributed by atoms with Crippen molar-refractivity contribution in [2.24, 2.45) is 5.92 Å². The first-order valence-electron chi connectivity index (χ1n) is 7.20. The first-order chi connectivity index (χ1) is 10.4. The van der Waals surface area contributed by atoms with Gasteiger partial charge in [-0.25, -0.2) is 9.97 Å². The Balaban J connectivity index is 1.90. The predicted octanol–water partition coefficient (Wildman–Crippen LogP) is 4.23. The van der Waals surface area contributed by atoms with Crippen molar-refractivity contribution in [3.63, 3.8) is 0 Å². The Labute approximate surface area is 126 Å². The van der Waals surface area contributed by atoms with Crippen LogP contribution in [0.4, 0.5) is 19.1 Å². The third-order valence-electron chi connectivity index (χ3n) is 4.06. The van der Waals surface area contributed by atoms with E-state index < -0.39 is 11.9 Å². The van der Waals surface area contributed by atoms with E-state index in [-0.39, 0.29) is 12.0 Å². The van der Waals surface area contributed by atoms with Gasteiger partial charge in [0.2, 0.25) is 5.95 Å². The highest BCUT2D eigenvalue weighted by Gasteiger charge is 2.33. The summed E-state index contributed by atoms with van der Waals surface area (Å²) < 4.78 is 38.2. The quantitative estimate of drug-likeness (QED) is 0.902. The molecule has 3 rings (SSSR count). The van der Waals surface area contributed by atoms with Gasteiger partial charge >= 0.3 is 6.18 Å². The van der Waals surface area contributed by atoms with Crippen molar-refractivity contribution < 1.29 is 13.2 Å². The highest BCUT2D eigenvalue weighted by atomic mass is 19.4. The van der Waals surface area contributed by atoms with Crippen molar-refractivity contribution in [1.29, 1.82) is 0 Å². The fourth-order valence-corrected chi connectivity index (χ4v) is 2.87. The average molecular weight is 307 g/mol. The second-order valence-corrected chi connectivity index (χ2v) is 5.60. The maximum atomic E-state index is 12.7. The molecule has 1 aromatic carbocycles. The lowest BCUT2D eigenvalue weighted by Crippen LogP contribution is -2.26. The number of hydrogen-bond donors (Lipinski definition) is 1. The number of halogens is 3. The van der Waals surface area contributed by atoms with E-state index in [1.165, 1.54) is 5.56 Å². The van der Waals surface area contributed by atoms with Gasteiger partial charge in [0, 0.05) is 6.20 Å². The Bertz CT molecular complexity index is 670. The highest BCUT2D eigenvalue weighted by molar-refractivity contribution is 5.39. The van der Waals surface area contributed by atoms with Gasteiger partial charge in [0.25, 0.3) is 0 Å². The van der Waals surface area contributed by atoms with Gasteiger partial charge in [-0.05, 0) is 36.0 Å². The molecule has 1 aromatic heterocycles. The molecule has 3 nitrogen and oxygen atoms in total. The van der Waals surface area contributed by atoms with Gasteiger partial charge < -0.3 is 5.32 Å². The first kappa shape index (κ1) is 14.8. The van der Waals surface area contributed by atoms with Crippen LogP contribution in [0.2, 0.25) is 0 Å². The number of nitrogens with one attached hydrogen (secondary N) is 1. The third-order valence-corrected chi connectivity index (χ3v) is 4.06. The zero-order valence-corrected chi connectivity index (χ0v) is 12.1. The van der Waals surface area contributed by atoms with Crippen LogP contribution >= 0.6 is 0 Å². The molecular formula is C16H16F3N3. The van der Waals surface area contributed by atoms with Gasteiger partial charge in [0.05, 0.1) is 6.04 Å². The maximum Gasteiger partial charge on any atom is 0.433 e. The zero-order chi connectivity index (χ0) is 15.7. The minimum atomic E-state index is -4.46. The molecular weight excluding hydrogens is 291 g/mol. The molecule has 1 heterocycles. The van der Waals surface area contributed by atoms with Crippen LogP contribution in [0.15, 0.2) is 36.5 Å². The lowest BCUT2D eigenvalue weighted by Gasteiger charge is -2.32. The van der Waals surface area contributed by atoms with Crippen LogP contribution in [0.5, 0.6) is 0 Å². The average Bonchev–Trinajstić information content (AvgIpc) is 2.50. The van der Waals surface area contributed by atoms with Crippen molar-refractivity contribution in [3.05, 3.63) is 53.3 Å². The van der Waals surface area contributed by atoms with E-state index in [4.69, 9.17) is 0 Å². The number of anilines is 1. The second-order valence-electron chi connectivity index (χ2n) is 5.60. The normalized spacial score (nSPS) is 21.3. The summed E-state index contributed by atoms with van der Waals surface area (Å²) in [6.07, 6.45) is -1.36. The predicted molar refractivity (Wildman–Crippen MR) is 77.3 cm³/mol. The van der Waals surface area contributed by atoms with Gasteiger partial charge in [-0.3, -0.25) is 0 Å². The Morgan fingerprint density at radius 3 is 2.73 bits per heavy atom. The summed E-state index contributed by atoms with van der Waals surface area (Å²) in [6, 6.07) is 8.79. The summed E-state index contributed by atoms with van der Waals surface area (Å²) in [4.78, 5) is 7.53. The number of nitrogens with zero attached hydrogens (tertiary/aromatic N) is 2. The summed E-state index contributed by atoms with van der Waals surface area (Å²) in [5.74, 6) is 0.316. The van der Waals surface area contributed by atoms with E-state index in [9.17, 15) is 13.2 Å². The minimum Gasteiger partial charge on any atom is -0.347 e. The van der Waals surface area contributed by atoms with E-state index in [2.05, 4.69) is 28.3 Å². The largest absolute Gasteiger partial charge is 0.433 e. The first-order valence-corrected chi connectivity index (χ1v) is 7.20. The molecule has 0 unspecified atom stereocenters. The molecule has 0 spiro atoms. The lowest BCUT2D eigenvalue weighted by atomic mass is 9.81. The Morgan fingerprint density at radius 2 is 1.95 bits per heavy atom. The number of benzene rings is 1. The maximum absolute atomic E-state index is 12.7. The standard InChI is InChI=1S/C16H16F3N3/c1-10-6-7-11-4-2-3-5-12(11)14(10)22-15-20-9-8-13(21-15)16(17,18)19/h2-5,8-10,14H,6-7H2,1H3,(H,20,21,22)/t10-,14+/m1/s1. The number of rotatable bonds is 2. The summed E-state index contributed by atoms with van der Waals surface area (Å²) in [6.45, 7) is 2.08. The van der Waals surface area contributed by atoms with Crippen molar-refractivity contribution >= 4 is 5.95 Å². The highest BCUT2D eigenvalue weighted by Crippen LogP contribution is 2.36. The fourth-order valence-electron chi connectivity index (χ4n) is 2.87. The van der Waals surface area contributed by atoms with Crippen LogP contribution in [0.25, 0.3) is 0 Å². The van der Waals surface area contributed by atoms with E-state index in [1.54, 1.807) is 0 Å². The molecule has 22 heavy (non-hydrogen) atoms. The van der Waals surface area contributed by atoms with E-state index >= 15 is 0 Å². The van der Waals surface area contributed by atoms with Crippen LogP contribution in [-0.4, -0.2) is 9.97 Å². The molecule has 0 saturated carbocycles.